The third kappa shape index (κ3) is 6.92. The highest BCUT2D eigenvalue weighted by Crippen LogP contribution is 2.28. The first kappa shape index (κ1) is 27.3. The SMILES string of the molecule is COC(=O)c1ccc(/C=N\NC(=O)CN(Cc2c(Cl)cccc2Cl)S(=O)(=O)c2ccc(C)cc2)cc1. The van der Waals surface area contributed by atoms with E-state index in [1.807, 2.05) is 6.92 Å². The van der Waals surface area contributed by atoms with Crippen molar-refractivity contribution in [3.63, 3.8) is 0 Å². The monoisotopic (exact) mass is 547 g/mol. The number of nitrogens with one attached hydrogen (secondary N) is 1. The zero-order valence-corrected chi connectivity index (χ0v) is 21.8. The van der Waals surface area contributed by atoms with Gasteiger partial charge in [0.15, 0.2) is 0 Å². The van der Waals surface area contributed by atoms with Gasteiger partial charge in [0.2, 0.25) is 10.0 Å². The Labute approximate surface area is 219 Å². The minimum absolute atomic E-state index is 0.0262. The maximum atomic E-state index is 13.4. The third-order valence-corrected chi connectivity index (χ3v) is 7.62. The van der Waals surface area contributed by atoms with Crippen molar-refractivity contribution in [2.24, 2.45) is 5.10 Å². The van der Waals surface area contributed by atoms with Crippen molar-refractivity contribution in [1.82, 2.24) is 9.73 Å². The van der Waals surface area contributed by atoms with E-state index in [-0.39, 0.29) is 21.5 Å². The molecular weight excluding hydrogens is 525 g/mol. The van der Waals surface area contributed by atoms with Crippen molar-refractivity contribution in [2.75, 3.05) is 13.7 Å². The summed E-state index contributed by atoms with van der Waals surface area (Å²) in [5.74, 6) is -1.14. The van der Waals surface area contributed by atoms with E-state index in [4.69, 9.17) is 23.2 Å². The Bertz CT molecular complexity index is 1360. The van der Waals surface area contributed by atoms with Gasteiger partial charge in [-0.3, -0.25) is 4.79 Å². The molecule has 0 radical (unpaired) electrons. The molecule has 0 aromatic heterocycles. The predicted molar refractivity (Wildman–Crippen MR) is 139 cm³/mol. The summed E-state index contributed by atoms with van der Waals surface area (Å²) in [4.78, 5) is 24.2. The lowest BCUT2D eigenvalue weighted by molar-refractivity contribution is -0.121. The Morgan fingerprint density at radius 2 is 1.61 bits per heavy atom. The van der Waals surface area contributed by atoms with Gasteiger partial charge in [0, 0.05) is 22.2 Å². The molecule has 1 N–H and O–H groups in total. The van der Waals surface area contributed by atoms with Crippen molar-refractivity contribution >= 4 is 51.3 Å². The molecule has 0 aliphatic carbocycles. The van der Waals surface area contributed by atoms with Crippen molar-refractivity contribution in [3.8, 4) is 0 Å². The largest absolute Gasteiger partial charge is 0.465 e. The van der Waals surface area contributed by atoms with Gasteiger partial charge in [-0.1, -0.05) is 59.1 Å². The zero-order valence-electron chi connectivity index (χ0n) is 19.4. The molecule has 0 aliphatic rings. The van der Waals surface area contributed by atoms with Gasteiger partial charge in [0.05, 0.1) is 30.3 Å². The number of hydrogen-bond donors (Lipinski definition) is 1. The molecule has 3 rings (SSSR count). The van der Waals surface area contributed by atoms with Crippen molar-refractivity contribution in [1.29, 1.82) is 0 Å². The number of hydrazone groups is 1. The maximum absolute atomic E-state index is 13.4. The average Bonchev–Trinajstić information content (AvgIpc) is 2.85. The highest BCUT2D eigenvalue weighted by atomic mass is 35.5. The Balaban J connectivity index is 1.79. The summed E-state index contributed by atoms with van der Waals surface area (Å²) in [7, 11) is -2.79. The van der Waals surface area contributed by atoms with Crippen molar-refractivity contribution in [3.05, 3.63) is 99.0 Å². The molecule has 11 heteroatoms. The first-order valence-corrected chi connectivity index (χ1v) is 12.8. The molecule has 0 unspecified atom stereocenters. The van der Waals surface area contributed by atoms with E-state index in [1.54, 1.807) is 54.6 Å². The normalized spacial score (nSPS) is 11.6. The topological polar surface area (TPSA) is 105 Å². The minimum Gasteiger partial charge on any atom is -0.465 e. The molecule has 0 spiro atoms. The number of carbonyl (C=O) groups excluding carboxylic acids is 2. The molecule has 8 nitrogen and oxygen atoms in total. The number of rotatable bonds is 9. The fourth-order valence-corrected chi connectivity index (χ4v) is 5.02. The number of aryl methyl sites for hydroxylation is 1. The molecule has 0 saturated heterocycles. The van der Waals surface area contributed by atoms with Crippen LogP contribution in [0.4, 0.5) is 0 Å². The van der Waals surface area contributed by atoms with E-state index < -0.39 is 28.4 Å². The van der Waals surface area contributed by atoms with Crippen LogP contribution in [0.1, 0.15) is 27.0 Å². The Hall–Kier alpha value is -3.24. The summed E-state index contributed by atoms with van der Waals surface area (Å²) in [5.41, 5.74) is 4.56. The quantitative estimate of drug-likeness (QED) is 0.242. The summed E-state index contributed by atoms with van der Waals surface area (Å²) in [5, 5.41) is 4.44. The van der Waals surface area contributed by atoms with Crippen LogP contribution in [0, 0.1) is 6.92 Å². The summed E-state index contributed by atoms with van der Waals surface area (Å²) >= 11 is 12.5. The molecule has 1 amide bonds. The van der Waals surface area contributed by atoms with Crippen LogP contribution < -0.4 is 5.43 Å². The molecule has 188 valence electrons. The van der Waals surface area contributed by atoms with Gasteiger partial charge in [-0.05, 0) is 48.9 Å². The molecule has 0 atom stereocenters. The smallest absolute Gasteiger partial charge is 0.337 e. The van der Waals surface area contributed by atoms with Crippen molar-refractivity contribution in [2.45, 2.75) is 18.4 Å². The highest BCUT2D eigenvalue weighted by Gasteiger charge is 2.28. The Morgan fingerprint density at radius 3 is 2.19 bits per heavy atom. The van der Waals surface area contributed by atoms with E-state index in [2.05, 4.69) is 15.3 Å². The second-order valence-electron chi connectivity index (χ2n) is 7.69. The molecule has 0 fully saturated rings. The number of sulfonamides is 1. The summed E-state index contributed by atoms with van der Waals surface area (Å²) in [6.07, 6.45) is 1.36. The third-order valence-electron chi connectivity index (χ3n) is 5.11. The number of ether oxygens (including phenoxy) is 1. The fraction of sp³-hybridized carbons (Fsp3) is 0.160. The van der Waals surface area contributed by atoms with E-state index >= 15 is 0 Å². The van der Waals surface area contributed by atoms with Gasteiger partial charge in [0.1, 0.15) is 0 Å². The standard InChI is InChI=1S/C25H23Cl2N3O5S/c1-17-6-12-20(13-7-17)36(33,34)30(15-21-22(26)4-3-5-23(21)27)16-24(31)29-28-14-18-8-10-19(11-9-18)25(32)35-2/h3-14H,15-16H2,1-2H3,(H,29,31)/b28-14-. The fourth-order valence-electron chi connectivity index (χ4n) is 3.14. The molecule has 0 heterocycles. The van der Waals surface area contributed by atoms with Gasteiger partial charge in [-0.15, -0.1) is 0 Å². The predicted octanol–water partition coefficient (Wildman–Crippen LogP) is 4.43. The van der Waals surface area contributed by atoms with Crippen molar-refractivity contribution < 1.29 is 22.7 Å². The number of hydrogen-bond acceptors (Lipinski definition) is 6. The Kier molecular flexibility index (Phi) is 9.22. The van der Waals surface area contributed by atoms with E-state index in [0.29, 0.717) is 16.7 Å². The molecule has 3 aromatic carbocycles. The Morgan fingerprint density at radius 1 is 1.00 bits per heavy atom. The zero-order chi connectivity index (χ0) is 26.3. The maximum Gasteiger partial charge on any atom is 0.337 e. The van der Waals surface area contributed by atoms with Crippen LogP contribution >= 0.6 is 23.2 Å². The summed E-state index contributed by atoms with van der Waals surface area (Å²) in [6.45, 7) is 1.09. The number of halogens is 2. The van der Waals surface area contributed by atoms with Crippen LogP contribution in [-0.2, 0) is 26.1 Å². The number of amides is 1. The molecule has 0 bridgehead atoms. The van der Waals surface area contributed by atoms with Gasteiger partial charge in [-0.25, -0.2) is 18.6 Å². The summed E-state index contributed by atoms with van der Waals surface area (Å²) < 4.78 is 32.4. The first-order chi connectivity index (χ1) is 17.1. The number of methoxy groups -OCH3 is 1. The molecule has 0 aliphatic heterocycles. The number of benzene rings is 3. The minimum atomic E-state index is -4.08. The lowest BCUT2D eigenvalue weighted by Crippen LogP contribution is -2.39. The second-order valence-corrected chi connectivity index (χ2v) is 10.4. The van der Waals surface area contributed by atoms with E-state index in [9.17, 15) is 18.0 Å². The molecule has 0 saturated carbocycles. The lowest BCUT2D eigenvalue weighted by Gasteiger charge is -2.22. The second kappa shape index (κ2) is 12.1. The molecular formula is C25H23Cl2N3O5S. The van der Waals surface area contributed by atoms with E-state index in [1.165, 1.54) is 25.5 Å². The van der Waals surface area contributed by atoms with Gasteiger partial charge < -0.3 is 4.74 Å². The lowest BCUT2D eigenvalue weighted by atomic mass is 10.1. The van der Waals surface area contributed by atoms with Crippen LogP contribution in [-0.4, -0.2) is 44.5 Å². The van der Waals surface area contributed by atoms with Crippen LogP contribution in [0.15, 0.2) is 76.7 Å². The summed E-state index contributed by atoms with van der Waals surface area (Å²) in [6, 6.07) is 17.5. The van der Waals surface area contributed by atoms with Gasteiger partial charge in [-0.2, -0.15) is 9.41 Å². The first-order valence-electron chi connectivity index (χ1n) is 10.6. The highest BCUT2D eigenvalue weighted by molar-refractivity contribution is 7.89. The number of carbonyl (C=O) groups is 2. The van der Waals surface area contributed by atoms with Crippen LogP contribution in [0.3, 0.4) is 0 Å². The van der Waals surface area contributed by atoms with Gasteiger partial charge in [0.25, 0.3) is 5.91 Å². The molecule has 36 heavy (non-hydrogen) atoms. The average molecular weight is 548 g/mol. The number of esters is 1. The number of nitrogens with zero attached hydrogens (tertiary/aromatic N) is 2. The van der Waals surface area contributed by atoms with Crippen LogP contribution in [0.2, 0.25) is 10.0 Å². The van der Waals surface area contributed by atoms with Crippen LogP contribution in [0.25, 0.3) is 0 Å². The molecule has 3 aromatic rings. The van der Waals surface area contributed by atoms with Gasteiger partial charge >= 0.3 is 5.97 Å². The van der Waals surface area contributed by atoms with Crippen LogP contribution in [0.5, 0.6) is 0 Å². The van der Waals surface area contributed by atoms with E-state index in [0.717, 1.165) is 9.87 Å².